The lowest BCUT2D eigenvalue weighted by atomic mass is 10.1. The van der Waals surface area contributed by atoms with Crippen LogP contribution in [-0.4, -0.2) is 67.2 Å². The molecule has 0 radical (unpaired) electrons. The summed E-state index contributed by atoms with van der Waals surface area (Å²) in [6.07, 6.45) is 2.30. The normalized spacial score (nSPS) is 12.6. The number of nitrogens with one attached hydrogen (secondary N) is 1. The van der Waals surface area contributed by atoms with Gasteiger partial charge in [-0.05, 0) is 32.4 Å². The summed E-state index contributed by atoms with van der Waals surface area (Å²) in [5, 5.41) is 11.2. The highest BCUT2D eigenvalue weighted by Gasteiger charge is 2.25. The summed E-state index contributed by atoms with van der Waals surface area (Å²) in [6.45, 7) is 6.04. The molecule has 1 heterocycles. The van der Waals surface area contributed by atoms with Crippen molar-refractivity contribution in [1.29, 1.82) is 0 Å². The highest BCUT2D eigenvalue weighted by atomic mass is 16.7. The number of ether oxygens (including phenoxy) is 5. The molecule has 0 saturated carbocycles. The van der Waals surface area contributed by atoms with Gasteiger partial charge in [-0.2, -0.15) is 0 Å². The van der Waals surface area contributed by atoms with Gasteiger partial charge in [0.2, 0.25) is 6.79 Å². The van der Waals surface area contributed by atoms with Gasteiger partial charge >= 0.3 is 11.9 Å². The quantitative estimate of drug-likeness (QED) is 0.316. The first kappa shape index (κ1) is 31.2. The molecule has 0 spiro atoms. The Labute approximate surface area is 217 Å². The Bertz CT molecular complexity index is 981. The Hall–Kier alpha value is -3.86. The van der Waals surface area contributed by atoms with Crippen LogP contribution in [0.5, 0.6) is 17.2 Å². The van der Waals surface area contributed by atoms with Crippen LogP contribution in [0.2, 0.25) is 0 Å². The molecule has 0 saturated heterocycles. The molecule has 1 aromatic carbocycles. The number of rotatable bonds is 12. The van der Waals surface area contributed by atoms with Gasteiger partial charge in [-0.3, -0.25) is 9.59 Å². The lowest BCUT2D eigenvalue weighted by molar-refractivity contribution is -0.151. The fourth-order valence-corrected chi connectivity index (χ4v) is 2.96. The lowest BCUT2D eigenvalue weighted by Crippen LogP contribution is -2.41. The third kappa shape index (κ3) is 11.6. The number of aromatic nitrogens is 1. The number of hydrogen-bond acceptors (Lipinski definition) is 10. The van der Waals surface area contributed by atoms with Crippen LogP contribution in [0.1, 0.15) is 51.0 Å². The van der Waals surface area contributed by atoms with Crippen LogP contribution in [0.25, 0.3) is 0 Å². The largest absolute Gasteiger partial charge is 0.508 e. The molecule has 37 heavy (non-hydrogen) atoms. The van der Waals surface area contributed by atoms with E-state index in [2.05, 4.69) is 10.3 Å². The van der Waals surface area contributed by atoms with Crippen LogP contribution in [-0.2, 0) is 23.8 Å². The summed E-state index contributed by atoms with van der Waals surface area (Å²) in [6, 6.07) is 9.26. The Morgan fingerprint density at radius 1 is 1.08 bits per heavy atom. The van der Waals surface area contributed by atoms with Gasteiger partial charge in [0, 0.05) is 32.7 Å². The predicted octanol–water partition coefficient (Wildman–Crippen LogP) is 3.25. The van der Waals surface area contributed by atoms with Crippen molar-refractivity contribution in [1.82, 2.24) is 10.3 Å². The number of pyridine rings is 1. The van der Waals surface area contributed by atoms with E-state index in [4.69, 9.17) is 28.8 Å². The second kappa shape index (κ2) is 16.7. The third-order valence-corrected chi connectivity index (χ3v) is 4.93. The SMILES string of the molecule is CCC(CC(C)OC(=O)[C@H](C)NC(=O)c1nccc(OC)c1OCOC(C)=O)OC.Oc1ccccc1. The summed E-state index contributed by atoms with van der Waals surface area (Å²) in [5.74, 6) is -1.29. The molecule has 0 aliphatic carbocycles. The standard InChI is InChI=1S/C20H30N2O8.C6H6O/c1-7-15(26-5)10-12(2)30-20(25)13(3)22-19(24)17-18(29-11-28-14(4)23)16(27-6)8-9-21-17;7-6-4-2-1-3-5-6/h8-9,12-13,15H,7,10-11H2,1-6H3,(H,22,24);1-5,7H/t12?,13-,15?;/m0./s1. The second-order valence-corrected chi connectivity index (χ2v) is 7.87. The first-order valence-corrected chi connectivity index (χ1v) is 11.7. The maximum absolute atomic E-state index is 12.7. The Balaban J connectivity index is 0.000000836. The third-order valence-electron chi connectivity index (χ3n) is 4.93. The van der Waals surface area contributed by atoms with Crippen LogP contribution in [0.4, 0.5) is 0 Å². The monoisotopic (exact) mass is 520 g/mol. The van der Waals surface area contributed by atoms with Crippen LogP contribution in [0.15, 0.2) is 42.6 Å². The van der Waals surface area contributed by atoms with Crippen LogP contribution in [0, 0.1) is 0 Å². The van der Waals surface area contributed by atoms with E-state index in [0.717, 1.165) is 6.42 Å². The Morgan fingerprint density at radius 2 is 1.76 bits per heavy atom. The van der Waals surface area contributed by atoms with Crippen molar-refractivity contribution >= 4 is 17.8 Å². The highest BCUT2D eigenvalue weighted by Crippen LogP contribution is 2.29. The van der Waals surface area contributed by atoms with E-state index in [-0.39, 0.29) is 29.4 Å². The molecule has 1 amide bonds. The lowest BCUT2D eigenvalue weighted by Gasteiger charge is -2.21. The molecule has 11 nitrogen and oxygen atoms in total. The van der Waals surface area contributed by atoms with Crippen molar-refractivity contribution in [2.45, 2.75) is 58.8 Å². The van der Waals surface area contributed by atoms with Gasteiger partial charge in [0.25, 0.3) is 5.91 Å². The molecular formula is C26H36N2O9. The molecule has 204 valence electrons. The van der Waals surface area contributed by atoms with Gasteiger partial charge in [-0.25, -0.2) is 9.78 Å². The van der Waals surface area contributed by atoms with E-state index in [9.17, 15) is 14.4 Å². The minimum Gasteiger partial charge on any atom is -0.508 e. The molecule has 2 N–H and O–H groups in total. The smallest absolute Gasteiger partial charge is 0.328 e. The van der Waals surface area contributed by atoms with Crippen LogP contribution in [0.3, 0.4) is 0 Å². The minimum atomic E-state index is -0.933. The Morgan fingerprint density at radius 3 is 2.27 bits per heavy atom. The van der Waals surface area contributed by atoms with E-state index in [1.807, 2.05) is 13.0 Å². The number of nitrogens with zero attached hydrogens (tertiary/aromatic N) is 1. The first-order chi connectivity index (χ1) is 17.6. The average molecular weight is 521 g/mol. The highest BCUT2D eigenvalue weighted by molar-refractivity contribution is 5.98. The van der Waals surface area contributed by atoms with Gasteiger partial charge in [-0.15, -0.1) is 0 Å². The zero-order valence-corrected chi connectivity index (χ0v) is 22.1. The molecule has 0 bridgehead atoms. The van der Waals surface area contributed by atoms with E-state index in [0.29, 0.717) is 12.2 Å². The molecule has 0 aliphatic rings. The second-order valence-electron chi connectivity index (χ2n) is 7.87. The summed E-state index contributed by atoms with van der Waals surface area (Å²) in [7, 11) is 2.99. The van der Waals surface area contributed by atoms with Crippen molar-refractivity contribution in [2.75, 3.05) is 21.0 Å². The van der Waals surface area contributed by atoms with E-state index >= 15 is 0 Å². The van der Waals surface area contributed by atoms with Crippen LogP contribution < -0.4 is 14.8 Å². The number of amides is 1. The molecular weight excluding hydrogens is 484 g/mol. The molecule has 3 atom stereocenters. The molecule has 0 aliphatic heterocycles. The summed E-state index contributed by atoms with van der Waals surface area (Å²) in [4.78, 5) is 39.9. The zero-order valence-electron chi connectivity index (χ0n) is 22.1. The number of phenols is 1. The van der Waals surface area contributed by atoms with Crippen molar-refractivity contribution in [3.05, 3.63) is 48.3 Å². The maximum Gasteiger partial charge on any atom is 0.328 e. The average Bonchev–Trinajstić information content (AvgIpc) is 2.87. The van der Waals surface area contributed by atoms with E-state index in [1.54, 1.807) is 38.3 Å². The number of methoxy groups -OCH3 is 2. The van der Waals surface area contributed by atoms with Gasteiger partial charge in [-0.1, -0.05) is 25.1 Å². The fourth-order valence-electron chi connectivity index (χ4n) is 2.96. The summed E-state index contributed by atoms with van der Waals surface area (Å²) in [5.41, 5.74) is -0.125. The van der Waals surface area contributed by atoms with E-state index < -0.39 is 30.7 Å². The number of phenolic OH excluding ortho intramolecular Hbond substituents is 1. The van der Waals surface area contributed by atoms with Gasteiger partial charge < -0.3 is 34.1 Å². The maximum atomic E-state index is 12.7. The van der Waals surface area contributed by atoms with Gasteiger partial charge in [0.1, 0.15) is 17.9 Å². The van der Waals surface area contributed by atoms with Gasteiger partial charge in [0.15, 0.2) is 17.2 Å². The Kier molecular flexibility index (Phi) is 14.1. The first-order valence-electron chi connectivity index (χ1n) is 11.7. The van der Waals surface area contributed by atoms with Crippen molar-refractivity contribution in [3.8, 4) is 17.2 Å². The summed E-state index contributed by atoms with van der Waals surface area (Å²) >= 11 is 0. The molecule has 11 heteroatoms. The topological polar surface area (TPSA) is 143 Å². The summed E-state index contributed by atoms with van der Waals surface area (Å²) < 4.78 is 25.9. The number of aromatic hydroxyl groups is 1. The zero-order chi connectivity index (χ0) is 27.8. The van der Waals surface area contributed by atoms with E-state index in [1.165, 1.54) is 33.2 Å². The molecule has 1 aromatic heterocycles. The predicted molar refractivity (Wildman–Crippen MR) is 134 cm³/mol. The molecule has 2 unspecified atom stereocenters. The van der Waals surface area contributed by atoms with Crippen molar-refractivity contribution in [3.63, 3.8) is 0 Å². The number of carbonyl (C=O) groups excluding carboxylic acids is 3. The number of para-hydroxylation sites is 1. The molecule has 0 fully saturated rings. The molecule has 2 aromatic rings. The molecule has 2 rings (SSSR count). The fraction of sp³-hybridized carbons (Fsp3) is 0.462. The van der Waals surface area contributed by atoms with Gasteiger partial charge in [0.05, 0.1) is 13.2 Å². The van der Waals surface area contributed by atoms with Crippen molar-refractivity contribution < 1.29 is 43.2 Å². The number of esters is 2. The minimum absolute atomic E-state index is 0.0152. The number of carbonyl (C=O) groups is 3. The van der Waals surface area contributed by atoms with Crippen molar-refractivity contribution in [2.24, 2.45) is 0 Å². The number of benzene rings is 1. The van der Waals surface area contributed by atoms with Crippen LogP contribution >= 0.6 is 0 Å². The number of hydrogen-bond donors (Lipinski definition) is 2.